The number of nitrogen functional groups attached to an aromatic ring is 1. The van der Waals surface area contributed by atoms with E-state index in [4.69, 9.17) is 10.5 Å². The number of methoxy groups -OCH3 is 1. The van der Waals surface area contributed by atoms with Gasteiger partial charge in [-0.1, -0.05) is 30.3 Å². The maximum Gasteiger partial charge on any atom is 0.239 e. The third-order valence-corrected chi connectivity index (χ3v) is 5.24. The number of carbonyl (C=O) groups is 1. The second kappa shape index (κ2) is 10.0. The minimum absolute atomic E-state index is 0. The number of nitrogens with one attached hydrogen (secondary N) is 1. The smallest absolute Gasteiger partial charge is 0.239 e. The van der Waals surface area contributed by atoms with Gasteiger partial charge in [0, 0.05) is 5.69 Å². The molecule has 26 heavy (non-hydrogen) atoms. The number of halogens is 1. The van der Waals surface area contributed by atoms with E-state index >= 15 is 0 Å². The lowest BCUT2D eigenvalue weighted by Crippen LogP contribution is -2.25. The number of nitrogens with two attached hydrogens (primary N) is 1. The molecule has 0 saturated heterocycles. The number of rotatable bonds is 8. The molecule has 0 aliphatic heterocycles. The van der Waals surface area contributed by atoms with Gasteiger partial charge in [0.1, 0.15) is 11.5 Å². The first-order valence-corrected chi connectivity index (χ1v) is 9.69. The van der Waals surface area contributed by atoms with Crippen molar-refractivity contribution in [2.45, 2.75) is 12.8 Å². The van der Waals surface area contributed by atoms with E-state index in [0.29, 0.717) is 30.0 Å². The molecule has 3 N–H and O–H groups in total. The highest BCUT2D eigenvalue weighted by Gasteiger charge is 2.17. The van der Waals surface area contributed by atoms with E-state index in [1.807, 2.05) is 30.3 Å². The fourth-order valence-electron chi connectivity index (χ4n) is 2.42. The molecule has 0 saturated carbocycles. The Bertz CT molecular complexity index is 826. The van der Waals surface area contributed by atoms with E-state index in [-0.39, 0.29) is 18.2 Å². The average molecular weight is 399 g/mol. The number of anilines is 2. The van der Waals surface area contributed by atoms with Gasteiger partial charge >= 0.3 is 0 Å². The topological polar surface area (TPSA) is 98.5 Å². The Balaban J connectivity index is 0.00000338. The first-order valence-electron chi connectivity index (χ1n) is 7.87. The summed E-state index contributed by atoms with van der Waals surface area (Å²) in [6.45, 7) is 0. The van der Waals surface area contributed by atoms with Crippen molar-refractivity contribution in [3.8, 4) is 5.75 Å². The van der Waals surface area contributed by atoms with Gasteiger partial charge in [-0.25, -0.2) is 8.42 Å². The van der Waals surface area contributed by atoms with Gasteiger partial charge in [0.15, 0.2) is 9.84 Å². The van der Waals surface area contributed by atoms with Crippen LogP contribution >= 0.6 is 12.4 Å². The van der Waals surface area contributed by atoms with Crippen molar-refractivity contribution in [1.29, 1.82) is 0 Å². The summed E-state index contributed by atoms with van der Waals surface area (Å²) in [6.07, 6.45) is 1.14. The van der Waals surface area contributed by atoms with Gasteiger partial charge in [-0.05, 0) is 36.6 Å². The van der Waals surface area contributed by atoms with Gasteiger partial charge in [0.25, 0.3) is 0 Å². The van der Waals surface area contributed by atoms with Crippen LogP contribution in [0.15, 0.2) is 48.5 Å². The number of benzene rings is 2. The molecule has 0 aliphatic carbocycles. The molecule has 2 rings (SSSR count). The van der Waals surface area contributed by atoms with Crippen LogP contribution in [0.5, 0.6) is 5.75 Å². The normalized spacial score (nSPS) is 10.7. The number of hydrogen-bond acceptors (Lipinski definition) is 5. The molecule has 2 aromatic carbocycles. The Morgan fingerprint density at radius 3 is 2.46 bits per heavy atom. The first kappa shape index (κ1) is 21.8. The Morgan fingerprint density at radius 2 is 1.85 bits per heavy atom. The number of hydrogen-bond donors (Lipinski definition) is 2. The van der Waals surface area contributed by atoms with E-state index < -0.39 is 21.5 Å². The van der Waals surface area contributed by atoms with Crippen LogP contribution in [0.25, 0.3) is 0 Å². The summed E-state index contributed by atoms with van der Waals surface area (Å²) in [5, 5.41) is 2.54. The first-order chi connectivity index (χ1) is 11.9. The van der Waals surface area contributed by atoms with Crippen LogP contribution in [-0.4, -0.2) is 32.9 Å². The van der Waals surface area contributed by atoms with E-state index in [1.54, 1.807) is 12.1 Å². The predicted molar refractivity (Wildman–Crippen MR) is 107 cm³/mol. The zero-order valence-corrected chi connectivity index (χ0v) is 16.1. The largest absolute Gasteiger partial charge is 0.495 e. The van der Waals surface area contributed by atoms with Crippen LogP contribution in [-0.2, 0) is 21.1 Å². The van der Waals surface area contributed by atoms with Crippen molar-refractivity contribution in [2.75, 3.05) is 29.7 Å². The van der Waals surface area contributed by atoms with Crippen molar-refractivity contribution in [2.24, 2.45) is 0 Å². The molecule has 6 nitrogen and oxygen atoms in total. The molecule has 0 radical (unpaired) electrons. The second-order valence-electron chi connectivity index (χ2n) is 5.69. The highest BCUT2D eigenvalue weighted by molar-refractivity contribution is 7.92. The third-order valence-electron chi connectivity index (χ3n) is 3.63. The number of ether oxygens (including phenoxy) is 1. The summed E-state index contributed by atoms with van der Waals surface area (Å²) >= 11 is 0. The summed E-state index contributed by atoms with van der Waals surface area (Å²) in [7, 11) is -1.97. The highest BCUT2D eigenvalue weighted by atomic mass is 35.5. The lowest BCUT2D eigenvalue weighted by Gasteiger charge is -2.09. The van der Waals surface area contributed by atoms with E-state index in [0.717, 1.165) is 5.56 Å². The van der Waals surface area contributed by atoms with E-state index in [1.165, 1.54) is 13.2 Å². The van der Waals surface area contributed by atoms with Crippen LogP contribution in [0.2, 0.25) is 0 Å². The third kappa shape index (κ3) is 6.93. The average Bonchev–Trinajstić information content (AvgIpc) is 2.55. The zero-order chi connectivity index (χ0) is 18.3. The molecule has 8 heteroatoms. The molecule has 0 bridgehead atoms. The quantitative estimate of drug-likeness (QED) is 0.666. The predicted octanol–water partition coefficient (Wildman–Crippen LogP) is 2.69. The van der Waals surface area contributed by atoms with Crippen molar-refractivity contribution in [1.82, 2.24) is 0 Å². The number of carbonyl (C=O) groups excluding carboxylic acids is 1. The molecule has 0 unspecified atom stereocenters. The zero-order valence-electron chi connectivity index (χ0n) is 14.5. The van der Waals surface area contributed by atoms with Crippen LogP contribution < -0.4 is 15.8 Å². The Morgan fingerprint density at radius 1 is 1.15 bits per heavy atom. The summed E-state index contributed by atoms with van der Waals surface area (Å²) in [5.74, 6) is -0.663. The SMILES string of the molecule is COc1ccc(NC(=O)CS(=O)(=O)CCCc2ccccc2)cc1N.Cl. The lowest BCUT2D eigenvalue weighted by atomic mass is 10.1. The maximum atomic E-state index is 12.1. The molecule has 142 valence electrons. The fourth-order valence-corrected chi connectivity index (χ4v) is 3.62. The summed E-state index contributed by atoms with van der Waals surface area (Å²) in [5.41, 5.74) is 7.64. The van der Waals surface area contributed by atoms with Gasteiger partial charge in [-0.3, -0.25) is 4.79 Å². The van der Waals surface area contributed by atoms with Crippen LogP contribution in [0, 0.1) is 0 Å². The Kier molecular flexibility index (Phi) is 8.41. The van der Waals surface area contributed by atoms with Crippen LogP contribution in [0.3, 0.4) is 0 Å². The molecular weight excluding hydrogens is 376 g/mol. The maximum absolute atomic E-state index is 12.1. The monoisotopic (exact) mass is 398 g/mol. The fraction of sp³-hybridized carbons (Fsp3) is 0.278. The summed E-state index contributed by atoms with van der Waals surface area (Å²) < 4.78 is 29.2. The second-order valence-corrected chi connectivity index (χ2v) is 7.87. The number of aryl methyl sites for hydroxylation is 1. The molecular formula is C18H23ClN2O4S. The minimum Gasteiger partial charge on any atom is -0.495 e. The molecule has 0 spiro atoms. The summed E-state index contributed by atoms with van der Waals surface area (Å²) in [4.78, 5) is 12.0. The van der Waals surface area contributed by atoms with Crippen molar-refractivity contribution in [3.05, 3.63) is 54.1 Å². The van der Waals surface area contributed by atoms with Gasteiger partial charge in [0.2, 0.25) is 5.91 Å². The molecule has 1 amide bonds. The van der Waals surface area contributed by atoms with Crippen LogP contribution in [0.1, 0.15) is 12.0 Å². The molecule has 0 aliphatic rings. The number of amides is 1. The van der Waals surface area contributed by atoms with E-state index in [2.05, 4.69) is 5.32 Å². The van der Waals surface area contributed by atoms with E-state index in [9.17, 15) is 13.2 Å². The molecule has 0 fully saturated rings. The number of sulfone groups is 1. The van der Waals surface area contributed by atoms with Crippen molar-refractivity contribution in [3.63, 3.8) is 0 Å². The lowest BCUT2D eigenvalue weighted by molar-refractivity contribution is -0.113. The van der Waals surface area contributed by atoms with Gasteiger partial charge in [0.05, 0.1) is 18.6 Å². The minimum atomic E-state index is -3.46. The molecule has 0 atom stereocenters. The molecule has 2 aromatic rings. The summed E-state index contributed by atoms with van der Waals surface area (Å²) in [6, 6.07) is 14.4. The van der Waals surface area contributed by atoms with Gasteiger partial charge in [-0.2, -0.15) is 0 Å². The van der Waals surface area contributed by atoms with Gasteiger partial charge < -0.3 is 15.8 Å². The van der Waals surface area contributed by atoms with Crippen molar-refractivity contribution >= 4 is 39.5 Å². The Labute approximate surface area is 160 Å². The van der Waals surface area contributed by atoms with Gasteiger partial charge in [-0.15, -0.1) is 12.4 Å². The highest BCUT2D eigenvalue weighted by Crippen LogP contribution is 2.24. The van der Waals surface area contributed by atoms with Crippen LogP contribution in [0.4, 0.5) is 11.4 Å². The van der Waals surface area contributed by atoms with Crippen molar-refractivity contribution < 1.29 is 17.9 Å². The Hall–Kier alpha value is -2.25. The molecule has 0 heterocycles. The standard InChI is InChI=1S/C18H22N2O4S.ClH/c1-24-17-10-9-15(12-16(17)19)20-18(21)13-25(22,23)11-5-8-14-6-3-2-4-7-14;/h2-4,6-7,9-10,12H,5,8,11,13,19H2,1H3,(H,20,21);1H. The molecule has 0 aromatic heterocycles.